The van der Waals surface area contributed by atoms with E-state index in [4.69, 9.17) is 9.84 Å². The first kappa shape index (κ1) is 27.3. The molecule has 7 rings (SSSR count). The van der Waals surface area contributed by atoms with Gasteiger partial charge >= 0.3 is 0 Å². The Morgan fingerprint density at radius 3 is 2.53 bits per heavy atom. The third-order valence-electron chi connectivity index (χ3n) is 8.72. The van der Waals surface area contributed by atoms with Gasteiger partial charge in [0.2, 0.25) is 0 Å². The van der Waals surface area contributed by atoms with Gasteiger partial charge in [-0.3, -0.25) is 4.68 Å². The first-order chi connectivity index (χ1) is 20.7. The molecule has 0 amide bonds. The SMILES string of the molecule is C=C1c2nn(C)c(COCc3ccccc3)c2C(c2ccc(N3CCC(F)(F)C3)cc2C)N1c1ccc2c(c1)ncn2C. The molecule has 43 heavy (non-hydrogen) atoms. The molecule has 5 aromatic rings. The lowest BCUT2D eigenvalue weighted by atomic mass is 9.94. The molecule has 7 nitrogen and oxygen atoms in total. The molecule has 0 radical (unpaired) electrons. The second kappa shape index (κ2) is 10.3. The van der Waals surface area contributed by atoms with Gasteiger partial charge in [0.25, 0.3) is 5.92 Å². The van der Waals surface area contributed by atoms with Crippen molar-refractivity contribution in [3.8, 4) is 0 Å². The summed E-state index contributed by atoms with van der Waals surface area (Å²) in [7, 11) is 3.92. The minimum Gasteiger partial charge on any atom is -0.370 e. The second-order valence-corrected chi connectivity index (χ2v) is 11.6. The zero-order valence-electron chi connectivity index (χ0n) is 24.6. The van der Waals surface area contributed by atoms with E-state index >= 15 is 0 Å². The Labute approximate surface area is 249 Å². The van der Waals surface area contributed by atoms with E-state index in [0.717, 1.165) is 61.7 Å². The third kappa shape index (κ3) is 4.77. The van der Waals surface area contributed by atoms with E-state index in [1.54, 1.807) is 4.90 Å². The maximum absolute atomic E-state index is 14.0. The van der Waals surface area contributed by atoms with Crippen molar-refractivity contribution in [3.05, 3.63) is 113 Å². The second-order valence-electron chi connectivity index (χ2n) is 11.6. The Balaban J connectivity index is 1.30. The average molecular weight is 581 g/mol. The molecular formula is C34H34F2N6O. The lowest BCUT2D eigenvalue weighted by Gasteiger charge is -2.31. The minimum atomic E-state index is -2.66. The molecule has 0 N–H and O–H groups in total. The number of anilines is 2. The standard InChI is InChI=1S/C34H34F2N6O/c1-22-16-25(41-15-14-34(35,36)20-41)10-12-27(22)33-31-30(19-43-18-24-8-6-5-7-9-24)40(4)38-32(31)23(2)42(33)26-11-13-29-28(17-26)37-21-39(29)3/h5-13,16-17,21,33H,2,14-15,18-20H2,1,3-4H3. The van der Waals surface area contributed by atoms with Crippen LogP contribution in [0.1, 0.15) is 46.1 Å². The Morgan fingerprint density at radius 2 is 1.79 bits per heavy atom. The predicted octanol–water partition coefficient (Wildman–Crippen LogP) is 6.76. The van der Waals surface area contributed by atoms with Crippen molar-refractivity contribution < 1.29 is 13.5 Å². The smallest absolute Gasteiger partial charge is 0.266 e. The van der Waals surface area contributed by atoms with Crippen molar-refractivity contribution in [2.24, 2.45) is 14.1 Å². The maximum atomic E-state index is 14.0. The number of rotatable bonds is 7. The summed E-state index contributed by atoms with van der Waals surface area (Å²) < 4.78 is 38.2. The molecule has 1 saturated heterocycles. The number of ether oxygens (including phenoxy) is 1. The van der Waals surface area contributed by atoms with Crippen LogP contribution < -0.4 is 9.80 Å². The average Bonchev–Trinajstić information content (AvgIpc) is 3.72. The molecule has 1 fully saturated rings. The fraction of sp³-hybridized carbons (Fsp3) is 0.294. The number of aromatic nitrogens is 4. The van der Waals surface area contributed by atoms with Crippen LogP contribution >= 0.6 is 0 Å². The molecule has 9 heteroatoms. The first-order valence-corrected chi connectivity index (χ1v) is 14.5. The molecule has 0 aliphatic carbocycles. The van der Waals surface area contributed by atoms with Gasteiger partial charge in [0.15, 0.2) is 0 Å². The quantitative estimate of drug-likeness (QED) is 0.213. The van der Waals surface area contributed by atoms with Crippen molar-refractivity contribution in [3.63, 3.8) is 0 Å². The van der Waals surface area contributed by atoms with E-state index in [0.29, 0.717) is 19.8 Å². The third-order valence-corrected chi connectivity index (χ3v) is 8.72. The zero-order valence-corrected chi connectivity index (χ0v) is 24.6. The summed E-state index contributed by atoms with van der Waals surface area (Å²) in [6, 6.07) is 22.2. The van der Waals surface area contributed by atoms with Crippen LogP contribution in [0.2, 0.25) is 0 Å². The lowest BCUT2D eigenvalue weighted by Crippen LogP contribution is -2.26. The Morgan fingerprint density at radius 1 is 1.00 bits per heavy atom. The largest absolute Gasteiger partial charge is 0.370 e. The van der Waals surface area contributed by atoms with Crippen LogP contribution in [0.15, 0.2) is 79.6 Å². The van der Waals surface area contributed by atoms with Gasteiger partial charge in [-0.25, -0.2) is 13.8 Å². The number of aryl methyl sites for hydroxylation is 3. The monoisotopic (exact) mass is 580 g/mol. The van der Waals surface area contributed by atoms with Gasteiger partial charge in [-0.1, -0.05) is 43.0 Å². The molecule has 4 heterocycles. The molecule has 0 saturated carbocycles. The number of nitrogens with zero attached hydrogens (tertiary/aromatic N) is 6. The van der Waals surface area contributed by atoms with E-state index in [9.17, 15) is 8.78 Å². The van der Waals surface area contributed by atoms with Crippen LogP contribution in [0.4, 0.5) is 20.2 Å². The van der Waals surface area contributed by atoms with Crippen molar-refractivity contribution in [2.45, 2.75) is 38.5 Å². The molecule has 0 spiro atoms. The van der Waals surface area contributed by atoms with E-state index in [1.807, 2.05) is 60.0 Å². The van der Waals surface area contributed by atoms with Gasteiger partial charge in [-0.2, -0.15) is 5.10 Å². The molecule has 0 bridgehead atoms. The molecule has 3 aromatic carbocycles. The first-order valence-electron chi connectivity index (χ1n) is 14.5. The summed E-state index contributed by atoms with van der Waals surface area (Å²) >= 11 is 0. The van der Waals surface area contributed by atoms with Crippen LogP contribution in [0.5, 0.6) is 0 Å². The van der Waals surface area contributed by atoms with Gasteiger partial charge < -0.3 is 19.1 Å². The summed E-state index contributed by atoms with van der Waals surface area (Å²) in [5, 5.41) is 4.93. The van der Waals surface area contributed by atoms with E-state index < -0.39 is 5.92 Å². The van der Waals surface area contributed by atoms with E-state index in [1.165, 1.54) is 0 Å². The molecule has 1 atom stereocenters. The van der Waals surface area contributed by atoms with Gasteiger partial charge in [0.1, 0.15) is 5.69 Å². The van der Waals surface area contributed by atoms with Crippen LogP contribution in [0.25, 0.3) is 16.7 Å². The van der Waals surface area contributed by atoms with Crippen molar-refractivity contribution in [2.75, 3.05) is 22.9 Å². The molecular weight excluding hydrogens is 546 g/mol. The predicted molar refractivity (Wildman–Crippen MR) is 165 cm³/mol. The summed E-state index contributed by atoms with van der Waals surface area (Å²) in [6.07, 6.45) is 1.69. The molecule has 2 aliphatic rings. The van der Waals surface area contributed by atoms with Gasteiger partial charge in [-0.15, -0.1) is 0 Å². The maximum Gasteiger partial charge on any atom is 0.266 e. The highest BCUT2D eigenvalue weighted by Gasteiger charge is 2.42. The number of imidazole rings is 1. The number of benzene rings is 3. The normalized spacial score (nSPS) is 17.8. The molecule has 2 aromatic heterocycles. The van der Waals surface area contributed by atoms with Gasteiger partial charge in [0.05, 0.1) is 54.6 Å². The number of hydrogen-bond acceptors (Lipinski definition) is 5. The molecule has 1 unspecified atom stereocenters. The number of alkyl halides is 2. The molecule has 220 valence electrons. The number of halogens is 2. The van der Waals surface area contributed by atoms with Crippen LogP contribution in [-0.4, -0.2) is 38.3 Å². The summed E-state index contributed by atoms with van der Waals surface area (Å²) in [6.45, 7) is 7.53. The van der Waals surface area contributed by atoms with Crippen LogP contribution in [0, 0.1) is 6.92 Å². The van der Waals surface area contributed by atoms with Crippen molar-refractivity contribution in [1.82, 2.24) is 19.3 Å². The van der Waals surface area contributed by atoms with E-state index in [2.05, 4.69) is 59.8 Å². The fourth-order valence-electron chi connectivity index (χ4n) is 6.48. The summed E-state index contributed by atoms with van der Waals surface area (Å²) in [5.41, 5.74) is 10.5. The zero-order chi connectivity index (χ0) is 29.9. The Bertz CT molecular complexity index is 1840. The van der Waals surface area contributed by atoms with Crippen LogP contribution in [-0.2, 0) is 32.0 Å². The minimum absolute atomic E-state index is 0.120. The van der Waals surface area contributed by atoms with Gasteiger partial charge in [-0.05, 0) is 53.9 Å². The van der Waals surface area contributed by atoms with Crippen molar-refractivity contribution in [1.29, 1.82) is 0 Å². The summed E-state index contributed by atoms with van der Waals surface area (Å²) in [5.74, 6) is -2.66. The lowest BCUT2D eigenvalue weighted by molar-refractivity contribution is 0.0257. The molecule has 2 aliphatic heterocycles. The Hall–Kier alpha value is -4.50. The fourth-order valence-corrected chi connectivity index (χ4v) is 6.48. The number of fused-ring (bicyclic) bond motifs is 2. The highest BCUT2D eigenvalue weighted by molar-refractivity contribution is 5.90. The Kier molecular flexibility index (Phi) is 6.58. The topological polar surface area (TPSA) is 51.4 Å². The summed E-state index contributed by atoms with van der Waals surface area (Å²) in [4.78, 5) is 8.59. The van der Waals surface area contributed by atoms with E-state index in [-0.39, 0.29) is 19.0 Å². The van der Waals surface area contributed by atoms with Gasteiger partial charge in [0, 0.05) is 44.0 Å². The van der Waals surface area contributed by atoms with Crippen molar-refractivity contribution >= 4 is 28.1 Å². The van der Waals surface area contributed by atoms with Crippen LogP contribution in [0.3, 0.4) is 0 Å². The highest BCUT2D eigenvalue weighted by atomic mass is 19.3. The highest BCUT2D eigenvalue weighted by Crippen LogP contribution is 2.49. The number of hydrogen-bond donors (Lipinski definition) is 0.